The maximum atomic E-state index is 10.7. The quantitative estimate of drug-likeness (QED) is 0.849. The zero-order chi connectivity index (χ0) is 19.2. The van der Waals surface area contributed by atoms with Crippen molar-refractivity contribution in [1.29, 1.82) is 0 Å². The van der Waals surface area contributed by atoms with Gasteiger partial charge in [0.15, 0.2) is 0 Å². The standard InChI is InChI=1S/C22H30O4/c1-11(2)13-7-15-17(9-19(13)23)22(26-6)18-10-20(24)14(12(3)4)8-16(18)21(15)25-5/h7,9,11-12,14,20,23-24H,8,10H2,1-6H3. The third-order valence-corrected chi connectivity index (χ3v) is 5.80. The fourth-order valence-electron chi connectivity index (χ4n) is 4.35. The number of aliphatic hydroxyl groups excluding tert-OH is 1. The first-order chi connectivity index (χ1) is 12.3. The van der Waals surface area contributed by atoms with Crippen LogP contribution in [0, 0.1) is 11.8 Å². The van der Waals surface area contributed by atoms with Crippen molar-refractivity contribution in [2.45, 2.75) is 52.6 Å². The molecular weight excluding hydrogens is 328 g/mol. The summed E-state index contributed by atoms with van der Waals surface area (Å²) in [4.78, 5) is 0. The van der Waals surface area contributed by atoms with E-state index in [4.69, 9.17) is 9.47 Å². The number of aliphatic hydroxyl groups is 1. The fraction of sp³-hybridized carbons (Fsp3) is 0.545. The predicted octanol–water partition coefficient (Wildman–Crippen LogP) is 4.42. The number of aromatic hydroxyl groups is 1. The van der Waals surface area contributed by atoms with Crippen LogP contribution < -0.4 is 9.47 Å². The first kappa shape index (κ1) is 18.8. The molecule has 0 saturated carbocycles. The molecule has 4 heteroatoms. The number of rotatable bonds is 4. The van der Waals surface area contributed by atoms with E-state index in [0.717, 1.165) is 45.4 Å². The highest BCUT2D eigenvalue weighted by molar-refractivity contribution is 5.98. The maximum absolute atomic E-state index is 10.7. The second-order valence-electron chi connectivity index (χ2n) is 8.02. The predicted molar refractivity (Wildman–Crippen MR) is 105 cm³/mol. The first-order valence-corrected chi connectivity index (χ1v) is 9.40. The summed E-state index contributed by atoms with van der Waals surface area (Å²) >= 11 is 0. The van der Waals surface area contributed by atoms with Crippen LogP contribution in [0.25, 0.3) is 10.8 Å². The number of benzene rings is 2. The molecule has 0 spiro atoms. The van der Waals surface area contributed by atoms with Crippen LogP contribution >= 0.6 is 0 Å². The van der Waals surface area contributed by atoms with Crippen LogP contribution in [0.4, 0.5) is 0 Å². The van der Waals surface area contributed by atoms with E-state index in [1.807, 2.05) is 6.07 Å². The Morgan fingerprint density at radius 3 is 1.96 bits per heavy atom. The van der Waals surface area contributed by atoms with Gasteiger partial charge in [0.2, 0.25) is 0 Å². The molecule has 2 N–H and O–H groups in total. The van der Waals surface area contributed by atoms with E-state index in [1.54, 1.807) is 20.3 Å². The van der Waals surface area contributed by atoms with E-state index in [-0.39, 0.29) is 17.6 Å². The highest BCUT2D eigenvalue weighted by Gasteiger charge is 2.34. The molecule has 4 nitrogen and oxygen atoms in total. The molecule has 0 aromatic heterocycles. The average Bonchev–Trinajstić information content (AvgIpc) is 2.58. The van der Waals surface area contributed by atoms with Gasteiger partial charge in [0.1, 0.15) is 17.2 Å². The molecule has 0 amide bonds. The minimum absolute atomic E-state index is 0.195. The molecule has 3 rings (SSSR count). The lowest BCUT2D eigenvalue weighted by Gasteiger charge is -2.34. The Morgan fingerprint density at radius 2 is 1.46 bits per heavy atom. The summed E-state index contributed by atoms with van der Waals surface area (Å²) in [5, 5.41) is 23.0. The van der Waals surface area contributed by atoms with E-state index in [1.165, 1.54) is 0 Å². The van der Waals surface area contributed by atoms with Crippen molar-refractivity contribution in [3.05, 3.63) is 28.8 Å². The minimum atomic E-state index is -0.401. The molecule has 0 heterocycles. The summed E-state index contributed by atoms with van der Waals surface area (Å²) in [5.74, 6) is 2.63. The summed E-state index contributed by atoms with van der Waals surface area (Å²) in [6.07, 6.45) is 0.907. The molecule has 2 aromatic rings. The molecule has 142 valence electrons. The number of hydrogen-bond acceptors (Lipinski definition) is 4. The van der Waals surface area contributed by atoms with E-state index >= 15 is 0 Å². The Balaban J connectivity index is 2.35. The van der Waals surface area contributed by atoms with Crippen molar-refractivity contribution in [3.8, 4) is 17.2 Å². The summed E-state index contributed by atoms with van der Waals surface area (Å²) in [6.45, 7) is 8.43. The third kappa shape index (κ3) is 2.90. The van der Waals surface area contributed by atoms with Crippen molar-refractivity contribution in [1.82, 2.24) is 0 Å². The molecule has 2 atom stereocenters. The minimum Gasteiger partial charge on any atom is -0.508 e. The van der Waals surface area contributed by atoms with Crippen LogP contribution in [-0.4, -0.2) is 30.5 Å². The molecular formula is C22H30O4. The van der Waals surface area contributed by atoms with Gasteiger partial charge in [-0.2, -0.15) is 0 Å². The average molecular weight is 358 g/mol. The van der Waals surface area contributed by atoms with Crippen LogP contribution in [0.2, 0.25) is 0 Å². The summed E-state index contributed by atoms with van der Waals surface area (Å²) in [5.41, 5.74) is 3.02. The summed E-state index contributed by atoms with van der Waals surface area (Å²) in [7, 11) is 3.34. The van der Waals surface area contributed by atoms with Gasteiger partial charge in [-0.15, -0.1) is 0 Å². The van der Waals surface area contributed by atoms with Crippen LogP contribution in [0.15, 0.2) is 12.1 Å². The smallest absolute Gasteiger partial charge is 0.130 e. The molecule has 2 unspecified atom stereocenters. The third-order valence-electron chi connectivity index (χ3n) is 5.80. The zero-order valence-electron chi connectivity index (χ0n) is 16.6. The maximum Gasteiger partial charge on any atom is 0.130 e. The van der Waals surface area contributed by atoms with Gasteiger partial charge in [0.25, 0.3) is 0 Å². The highest BCUT2D eigenvalue weighted by atomic mass is 16.5. The molecule has 0 aliphatic heterocycles. The fourth-order valence-corrected chi connectivity index (χ4v) is 4.35. The lowest BCUT2D eigenvalue weighted by Crippen LogP contribution is -2.34. The Bertz CT molecular complexity index is 823. The van der Waals surface area contributed by atoms with Crippen LogP contribution in [0.5, 0.6) is 17.2 Å². The Kier molecular flexibility index (Phi) is 5.07. The lowest BCUT2D eigenvalue weighted by molar-refractivity contribution is 0.0725. The molecule has 26 heavy (non-hydrogen) atoms. The second-order valence-corrected chi connectivity index (χ2v) is 8.02. The van der Waals surface area contributed by atoms with Crippen LogP contribution in [0.3, 0.4) is 0 Å². The van der Waals surface area contributed by atoms with Crippen LogP contribution in [0.1, 0.15) is 50.3 Å². The Hall–Kier alpha value is -1.94. The van der Waals surface area contributed by atoms with Gasteiger partial charge < -0.3 is 19.7 Å². The first-order valence-electron chi connectivity index (χ1n) is 9.40. The van der Waals surface area contributed by atoms with Crippen molar-refractivity contribution in [2.24, 2.45) is 11.8 Å². The van der Waals surface area contributed by atoms with Gasteiger partial charge >= 0.3 is 0 Å². The molecule has 0 bridgehead atoms. The van der Waals surface area contributed by atoms with Crippen molar-refractivity contribution < 1.29 is 19.7 Å². The molecule has 1 aliphatic carbocycles. The number of ether oxygens (including phenoxy) is 2. The van der Waals surface area contributed by atoms with E-state index in [0.29, 0.717) is 12.3 Å². The van der Waals surface area contributed by atoms with Gasteiger partial charge in [-0.3, -0.25) is 0 Å². The van der Waals surface area contributed by atoms with Crippen molar-refractivity contribution >= 4 is 10.8 Å². The number of fused-ring (bicyclic) bond motifs is 2. The molecule has 0 radical (unpaired) electrons. The number of methoxy groups -OCH3 is 2. The summed E-state index contributed by atoms with van der Waals surface area (Å²) < 4.78 is 11.6. The largest absolute Gasteiger partial charge is 0.508 e. The van der Waals surface area contributed by atoms with Gasteiger partial charge in [0.05, 0.1) is 20.3 Å². The van der Waals surface area contributed by atoms with Gasteiger partial charge in [0, 0.05) is 28.3 Å². The van der Waals surface area contributed by atoms with E-state index < -0.39 is 6.10 Å². The topological polar surface area (TPSA) is 58.9 Å². The zero-order valence-corrected chi connectivity index (χ0v) is 16.6. The second kappa shape index (κ2) is 6.99. The number of hydrogen-bond donors (Lipinski definition) is 2. The van der Waals surface area contributed by atoms with Gasteiger partial charge in [-0.1, -0.05) is 27.7 Å². The number of phenols is 1. The van der Waals surface area contributed by atoms with Gasteiger partial charge in [-0.25, -0.2) is 0 Å². The Labute approximate surface area is 155 Å². The van der Waals surface area contributed by atoms with Crippen molar-refractivity contribution in [3.63, 3.8) is 0 Å². The Morgan fingerprint density at radius 1 is 0.923 bits per heavy atom. The molecule has 1 aliphatic rings. The SMILES string of the molecule is COc1c2c(c(OC)c3cc(C(C)C)c(O)cc13)CC(C(C)C)C(O)C2. The van der Waals surface area contributed by atoms with Crippen LogP contribution in [-0.2, 0) is 12.8 Å². The van der Waals surface area contributed by atoms with Crippen molar-refractivity contribution in [2.75, 3.05) is 14.2 Å². The molecule has 2 aromatic carbocycles. The number of phenolic OH excluding ortho intramolecular Hbond substituents is 1. The molecule has 0 fully saturated rings. The normalized spacial score (nSPS) is 19.9. The summed E-state index contributed by atoms with van der Waals surface area (Å²) in [6, 6.07) is 3.79. The molecule has 0 saturated heterocycles. The van der Waals surface area contributed by atoms with E-state index in [9.17, 15) is 10.2 Å². The van der Waals surface area contributed by atoms with E-state index in [2.05, 4.69) is 27.7 Å². The lowest BCUT2D eigenvalue weighted by atomic mass is 9.74. The highest BCUT2D eigenvalue weighted by Crippen LogP contribution is 2.48. The monoisotopic (exact) mass is 358 g/mol. The van der Waals surface area contributed by atoms with Gasteiger partial charge in [-0.05, 0) is 41.9 Å².